The fourth-order valence-corrected chi connectivity index (χ4v) is 8.82. The first-order chi connectivity index (χ1) is 26.2. The highest BCUT2D eigenvalue weighted by atomic mass is 16.3. The van der Waals surface area contributed by atoms with Crippen LogP contribution in [-0.4, -0.2) is 0 Å². The lowest BCUT2D eigenvalue weighted by Crippen LogP contribution is -2.22. The molecule has 0 unspecified atom stereocenters. The van der Waals surface area contributed by atoms with Crippen molar-refractivity contribution < 1.29 is 8.83 Å². The molecule has 0 aliphatic heterocycles. The van der Waals surface area contributed by atoms with E-state index in [9.17, 15) is 0 Å². The number of anilines is 3. The number of furan rings is 2. The summed E-state index contributed by atoms with van der Waals surface area (Å²) in [6.45, 7) is 2.35. The first-order valence-electron chi connectivity index (χ1n) is 18.2. The Labute approximate surface area is 307 Å². The molecule has 0 bridgehead atoms. The number of nitrogens with zero attached hydrogens (tertiary/aromatic N) is 1. The summed E-state index contributed by atoms with van der Waals surface area (Å²) in [5.41, 5.74) is 14.9. The Bertz CT molecular complexity index is 2980. The maximum absolute atomic E-state index is 6.80. The van der Waals surface area contributed by atoms with Crippen molar-refractivity contribution >= 4 is 60.9 Å². The van der Waals surface area contributed by atoms with E-state index in [0.717, 1.165) is 60.9 Å². The van der Waals surface area contributed by atoms with Gasteiger partial charge in [0.05, 0.1) is 16.8 Å². The molecule has 250 valence electrons. The average Bonchev–Trinajstić information content (AvgIpc) is 3.88. The number of hydrogen-bond acceptors (Lipinski definition) is 3. The highest BCUT2D eigenvalue weighted by molar-refractivity contribution is 6.16. The Morgan fingerprint density at radius 3 is 1.85 bits per heavy atom. The van der Waals surface area contributed by atoms with Crippen LogP contribution in [0.4, 0.5) is 17.1 Å². The number of para-hydroxylation sites is 2. The Balaban J connectivity index is 1.13. The van der Waals surface area contributed by atoms with Crippen LogP contribution in [0, 0.1) is 0 Å². The lowest BCUT2D eigenvalue weighted by molar-refractivity contribution is 0.662. The van der Waals surface area contributed by atoms with Gasteiger partial charge in [-0.25, -0.2) is 0 Å². The molecule has 0 fully saturated rings. The quantitative estimate of drug-likeness (QED) is 0.181. The molecule has 8 aromatic carbocycles. The number of rotatable bonds is 5. The van der Waals surface area contributed by atoms with Crippen molar-refractivity contribution in [1.29, 1.82) is 0 Å². The van der Waals surface area contributed by atoms with Crippen LogP contribution in [-0.2, 0) is 5.41 Å². The first-order valence-corrected chi connectivity index (χ1v) is 18.2. The van der Waals surface area contributed by atoms with Gasteiger partial charge in [0.25, 0.3) is 0 Å². The van der Waals surface area contributed by atoms with Crippen LogP contribution in [0.5, 0.6) is 0 Å². The third-order valence-electron chi connectivity index (χ3n) is 11.4. The van der Waals surface area contributed by atoms with Gasteiger partial charge in [0.2, 0.25) is 0 Å². The van der Waals surface area contributed by atoms with Gasteiger partial charge >= 0.3 is 0 Å². The maximum Gasteiger partial charge on any atom is 0.159 e. The van der Waals surface area contributed by atoms with Crippen LogP contribution in [0.1, 0.15) is 23.6 Å². The van der Waals surface area contributed by atoms with Crippen molar-refractivity contribution in [2.45, 2.75) is 12.3 Å². The van der Waals surface area contributed by atoms with Crippen molar-refractivity contribution in [1.82, 2.24) is 0 Å². The molecule has 3 heteroatoms. The molecule has 0 atom stereocenters. The monoisotopic (exact) mass is 679 g/mol. The smallest absolute Gasteiger partial charge is 0.159 e. The molecule has 3 nitrogen and oxygen atoms in total. The second-order valence-electron chi connectivity index (χ2n) is 14.2. The van der Waals surface area contributed by atoms with E-state index in [1.165, 1.54) is 38.9 Å². The second kappa shape index (κ2) is 11.3. The van der Waals surface area contributed by atoms with Crippen LogP contribution in [0.25, 0.3) is 66.1 Å². The van der Waals surface area contributed by atoms with Gasteiger partial charge in [-0.15, -0.1) is 0 Å². The molecule has 0 N–H and O–H groups in total. The van der Waals surface area contributed by atoms with Gasteiger partial charge in [0.15, 0.2) is 5.58 Å². The lowest BCUT2D eigenvalue weighted by atomic mass is 9.74. The van der Waals surface area contributed by atoms with E-state index in [0.29, 0.717) is 0 Å². The third kappa shape index (κ3) is 4.34. The lowest BCUT2D eigenvalue weighted by Gasteiger charge is -2.28. The summed E-state index contributed by atoms with van der Waals surface area (Å²) in [4.78, 5) is 2.33. The summed E-state index contributed by atoms with van der Waals surface area (Å²) in [6, 6.07) is 64.8. The van der Waals surface area contributed by atoms with Crippen molar-refractivity contribution in [2.24, 2.45) is 0 Å². The fourth-order valence-electron chi connectivity index (χ4n) is 8.82. The minimum atomic E-state index is -0.313. The zero-order valence-electron chi connectivity index (χ0n) is 29.1. The summed E-state index contributed by atoms with van der Waals surface area (Å²) in [7, 11) is 0. The van der Waals surface area contributed by atoms with Gasteiger partial charge in [0.1, 0.15) is 16.7 Å². The van der Waals surface area contributed by atoms with Crippen LogP contribution in [0.3, 0.4) is 0 Å². The number of hydrogen-bond donors (Lipinski definition) is 0. The molecule has 0 spiro atoms. The molecule has 1 aliphatic carbocycles. The van der Waals surface area contributed by atoms with Gasteiger partial charge in [-0.1, -0.05) is 140 Å². The summed E-state index contributed by atoms with van der Waals surface area (Å²) in [5.74, 6) is 0. The molecule has 0 saturated heterocycles. The summed E-state index contributed by atoms with van der Waals surface area (Å²) in [6.07, 6.45) is 0. The molecule has 0 amide bonds. The molecule has 2 aromatic heterocycles. The number of benzene rings is 8. The van der Waals surface area contributed by atoms with Crippen molar-refractivity contribution in [3.63, 3.8) is 0 Å². The molecule has 0 saturated carbocycles. The SMILES string of the molecule is CC1(c2ccc3c(c2)oc2cccc(N(c4ccc(-c5ccccc5)cc4)c4cccc5c4oc4ccccc45)c23)c2ccccc2-c2ccccc21. The Hall–Kier alpha value is -6.84. The minimum absolute atomic E-state index is 0.313. The summed E-state index contributed by atoms with van der Waals surface area (Å²) in [5, 5.41) is 4.33. The molecule has 1 aliphatic rings. The van der Waals surface area contributed by atoms with Gasteiger partial charge < -0.3 is 13.7 Å². The van der Waals surface area contributed by atoms with E-state index in [4.69, 9.17) is 8.83 Å². The fraction of sp³-hybridized carbons (Fsp3) is 0.0400. The Morgan fingerprint density at radius 2 is 1.06 bits per heavy atom. The molecule has 11 rings (SSSR count). The van der Waals surface area contributed by atoms with E-state index in [-0.39, 0.29) is 5.41 Å². The van der Waals surface area contributed by atoms with Gasteiger partial charge in [0, 0.05) is 27.3 Å². The van der Waals surface area contributed by atoms with Gasteiger partial charge in [-0.2, -0.15) is 0 Å². The van der Waals surface area contributed by atoms with Crippen molar-refractivity contribution in [3.8, 4) is 22.3 Å². The molecule has 53 heavy (non-hydrogen) atoms. The van der Waals surface area contributed by atoms with Gasteiger partial charge in [-0.3, -0.25) is 0 Å². The molecule has 2 heterocycles. The minimum Gasteiger partial charge on any atom is -0.456 e. The zero-order chi connectivity index (χ0) is 35.1. The van der Waals surface area contributed by atoms with Crippen LogP contribution < -0.4 is 4.90 Å². The van der Waals surface area contributed by atoms with Crippen LogP contribution in [0.2, 0.25) is 0 Å². The summed E-state index contributed by atoms with van der Waals surface area (Å²) >= 11 is 0. The first kappa shape index (κ1) is 29.8. The zero-order valence-corrected chi connectivity index (χ0v) is 29.1. The van der Waals surface area contributed by atoms with E-state index < -0.39 is 0 Å². The average molecular weight is 680 g/mol. The number of fused-ring (bicyclic) bond motifs is 9. The normalized spacial score (nSPS) is 13.2. The van der Waals surface area contributed by atoms with Gasteiger partial charge in [-0.05, 0) is 88.3 Å². The molecule has 10 aromatic rings. The van der Waals surface area contributed by atoms with E-state index >= 15 is 0 Å². The Morgan fingerprint density at radius 1 is 0.434 bits per heavy atom. The van der Waals surface area contributed by atoms with Crippen molar-refractivity contribution in [2.75, 3.05) is 4.90 Å². The predicted molar refractivity (Wildman–Crippen MR) is 219 cm³/mol. The molecular formula is C50H33NO2. The van der Waals surface area contributed by atoms with E-state index in [1.807, 2.05) is 12.1 Å². The predicted octanol–water partition coefficient (Wildman–Crippen LogP) is 14.0. The molecule has 0 radical (unpaired) electrons. The standard InChI is InChI=1S/C50H33NO2/c1-50(41-19-8-5-15-36(41)37-16-6-9-20-42(37)50)34-27-30-40-47(31-34)52-46-24-12-21-43(48(40)46)51(35-28-25-33(26-29-35)32-13-3-2-4-14-32)44-22-11-18-39-38-17-7-10-23-45(38)53-49(39)44/h2-31H,1H3. The molecular weight excluding hydrogens is 647 g/mol. The second-order valence-corrected chi connectivity index (χ2v) is 14.2. The highest BCUT2D eigenvalue weighted by Gasteiger charge is 2.40. The van der Waals surface area contributed by atoms with E-state index in [2.05, 4.69) is 182 Å². The van der Waals surface area contributed by atoms with Crippen LogP contribution >= 0.6 is 0 Å². The van der Waals surface area contributed by atoms with Crippen LogP contribution in [0.15, 0.2) is 191 Å². The topological polar surface area (TPSA) is 29.5 Å². The summed E-state index contributed by atoms with van der Waals surface area (Å²) < 4.78 is 13.5. The maximum atomic E-state index is 6.80. The van der Waals surface area contributed by atoms with E-state index in [1.54, 1.807) is 0 Å². The van der Waals surface area contributed by atoms with Crippen molar-refractivity contribution in [3.05, 3.63) is 199 Å². The highest BCUT2D eigenvalue weighted by Crippen LogP contribution is 2.53. The largest absolute Gasteiger partial charge is 0.456 e. The third-order valence-corrected chi connectivity index (χ3v) is 11.4. The Kier molecular flexibility index (Phi) is 6.38.